The Kier molecular flexibility index (Phi) is 8.24. The molecule has 7 heteroatoms. The van der Waals surface area contributed by atoms with Gasteiger partial charge in [-0.25, -0.2) is 4.79 Å². The fourth-order valence-corrected chi connectivity index (χ4v) is 5.53. The van der Waals surface area contributed by atoms with E-state index in [1.165, 1.54) is 0 Å². The lowest BCUT2D eigenvalue weighted by Gasteiger charge is -2.37. The number of thioether (sulfide) groups is 1. The molecule has 0 saturated carbocycles. The monoisotopic (exact) mass is 511 g/mol. The highest BCUT2D eigenvalue weighted by Gasteiger charge is 2.42. The van der Waals surface area contributed by atoms with Crippen LogP contribution in [0.15, 0.2) is 71.1 Å². The van der Waals surface area contributed by atoms with Crippen molar-refractivity contribution in [2.75, 3.05) is 25.2 Å². The first-order valence-corrected chi connectivity index (χ1v) is 13.3. The van der Waals surface area contributed by atoms with Crippen LogP contribution in [-0.4, -0.2) is 37.0 Å². The molecule has 4 rings (SSSR count). The van der Waals surface area contributed by atoms with Crippen LogP contribution in [0.5, 0.6) is 5.75 Å². The third kappa shape index (κ3) is 5.44. The molecule has 2 aromatic rings. The molecule has 0 saturated heterocycles. The van der Waals surface area contributed by atoms with E-state index >= 15 is 0 Å². The summed E-state index contributed by atoms with van der Waals surface area (Å²) in [6.07, 6.45) is 1.03. The molecule has 0 aromatic heterocycles. The molecule has 5 nitrogen and oxygen atoms in total. The number of hydrogen-bond donors (Lipinski definition) is 1. The molecular formula is C28H30ClNO4S. The Hall–Kier alpha value is -2.70. The topological polar surface area (TPSA) is 64.6 Å². The van der Waals surface area contributed by atoms with Crippen LogP contribution in [0.1, 0.15) is 49.7 Å². The SMILES string of the molecule is CCSCCOC(=O)C1=C(C)NC2=C(C(=O)C[C@@H](c3ccc(Cl)cc3)C2)[C@@H]1c1ccccc1OC. The molecule has 1 aliphatic heterocycles. The van der Waals surface area contributed by atoms with Crippen molar-refractivity contribution in [1.29, 1.82) is 0 Å². The van der Waals surface area contributed by atoms with Gasteiger partial charge in [0.1, 0.15) is 12.4 Å². The number of Topliss-reactive ketones (excluding diaryl/α,β-unsaturated/α-hetero) is 1. The molecule has 184 valence electrons. The summed E-state index contributed by atoms with van der Waals surface area (Å²) < 4.78 is 11.3. The van der Waals surface area contributed by atoms with Gasteiger partial charge in [0.2, 0.25) is 0 Å². The molecule has 2 aromatic carbocycles. The number of hydrogen-bond acceptors (Lipinski definition) is 6. The highest BCUT2D eigenvalue weighted by Crippen LogP contribution is 2.47. The van der Waals surface area contributed by atoms with Crippen molar-refractivity contribution in [2.24, 2.45) is 0 Å². The summed E-state index contributed by atoms with van der Waals surface area (Å²) in [7, 11) is 1.60. The maximum atomic E-state index is 13.7. The van der Waals surface area contributed by atoms with Crippen molar-refractivity contribution >= 4 is 35.1 Å². The van der Waals surface area contributed by atoms with Crippen molar-refractivity contribution in [3.05, 3.63) is 87.2 Å². The summed E-state index contributed by atoms with van der Waals surface area (Å²) in [5.74, 6) is 1.44. The van der Waals surface area contributed by atoms with Gasteiger partial charge in [-0.05, 0) is 48.8 Å². The molecular weight excluding hydrogens is 482 g/mol. The van der Waals surface area contributed by atoms with Gasteiger partial charge in [-0.2, -0.15) is 11.8 Å². The molecule has 35 heavy (non-hydrogen) atoms. The predicted molar refractivity (Wildman–Crippen MR) is 141 cm³/mol. The van der Waals surface area contributed by atoms with Crippen LogP contribution in [0, 0.1) is 0 Å². The first-order valence-electron chi connectivity index (χ1n) is 11.8. The Bertz CT molecular complexity index is 1170. The highest BCUT2D eigenvalue weighted by atomic mass is 35.5. The molecule has 1 N–H and O–H groups in total. The number of dihydropyridines is 1. The Labute approximate surface area is 215 Å². The summed E-state index contributed by atoms with van der Waals surface area (Å²) in [5.41, 5.74) is 4.51. The first-order chi connectivity index (χ1) is 16.9. The number of ether oxygens (including phenoxy) is 2. The third-order valence-corrected chi connectivity index (χ3v) is 7.62. The zero-order valence-corrected chi connectivity index (χ0v) is 21.8. The van der Waals surface area contributed by atoms with Crippen molar-refractivity contribution < 1.29 is 19.1 Å². The Balaban J connectivity index is 1.74. The molecule has 0 unspecified atom stereocenters. The van der Waals surface area contributed by atoms with E-state index in [0.717, 1.165) is 28.3 Å². The summed E-state index contributed by atoms with van der Waals surface area (Å²) in [4.78, 5) is 27.0. The minimum absolute atomic E-state index is 0.0222. The third-order valence-electron chi connectivity index (χ3n) is 6.50. The molecule has 0 spiro atoms. The Morgan fingerprint density at radius 1 is 1.14 bits per heavy atom. The number of carbonyl (C=O) groups is 2. The van der Waals surface area contributed by atoms with E-state index in [0.29, 0.717) is 47.1 Å². The summed E-state index contributed by atoms with van der Waals surface area (Å²) >= 11 is 7.79. The van der Waals surface area contributed by atoms with Gasteiger partial charge >= 0.3 is 5.97 Å². The lowest BCUT2D eigenvalue weighted by atomic mass is 9.71. The van der Waals surface area contributed by atoms with Gasteiger partial charge in [0, 0.05) is 39.7 Å². The number of benzene rings is 2. The second-order valence-electron chi connectivity index (χ2n) is 8.64. The minimum atomic E-state index is -0.549. The van der Waals surface area contributed by atoms with Crippen LogP contribution in [0.25, 0.3) is 0 Å². The molecule has 0 bridgehead atoms. The number of rotatable bonds is 8. The number of para-hydroxylation sites is 1. The van der Waals surface area contributed by atoms with Gasteiger partial charge in [0.25, 0.3) is 0 Å². The second-order valence-corrected chi connectivity index (χ2v) is 10.5. The molecule has 1 aliphatic carbocycles. The van der Waals surface area contributed by atoms with E-state index in [1.54, 1.807) is 18.9 Å². The van der Waals surface area contributed by atoms with E-state index in [1.807, 2.05) is 55.5 Å². The molecule has 0 radical (unpaired) electrons. The van der Waals surface area contributed by atoms with Crippen LogP contribution >= 0.6 is 23.4 Å². The first kappa shape index (κ1) is 25.4. The van der Waals surface area contributed by atoms with Crippen LogP contribution in [0.4, 0.5) is 0 Å². The lowest BCUT2D eigenvalue weighted by molar-refractivity contribution is -0.138. The summed E-state index contributed by atoms with van der Waals surface area (Å²) in [6, 6.07) is 15.2. The van der Waals surface area contributed by atoms with Crippen LogP contribution in [0.3, 0.4) is 0 Å². The average Bonchev–Trinajstić information content (AvgIpc) is 2.86. The minimum Gasteiger partial charge on any atom is -0.496 e. The van der Waals surface area contributed by atoms with Crippen LogP contribution in [0.2, 0.25) is 5.02 Å². The zero-order chi connectivity index (χ0) is 24.9. The number of nitrogens with one attached hydrogen (secondary N) is 1. The van der Waals surface area contributed by atoms with Gasteiger partial charge in [0.05, 0.1) is 18.6 Å². The molecule has 1 heterocycles. The average molecular weight is 512 g/mol. The van der Waals surface area contributed by atoms with E-state index in [2.05, 4.69) is 12.2 Å². The fourth-order valence-electron chi connectivity index (χ4n) is 4.91. The van der Waals surface area contributed by atoms with E-state index in [9.17, 15) is 9.59 Å². The number of carbonyl (C=O) groups excluding carboxylic acids is 2. The van der Waals surface area contributed by atoms with E-state index in [-0.39, 0.29) is 11.7 Å². The zero-order valence-electron chi connectivity index (χ0n) is 20.2. The van der Waals surface area contributed by atoms with Crippen molar-refractivity contribution in [3.63, 3.8) is 0 Å². The predicted octanol–water partition coefficient (Wildman–Crippen LogP) is 6.01. The molecule has 2 aliphatic rings. The normalized spacial score (nSPS) is 19.8. The maximum Gasteiger partial charge on any atom is 0.336 e. The molecule has 0 fully saturated rings. The van der Waals surface area contributed by atoms with Crippen molar-refractivity contribution in [2.45, 2.75) is 38.5 Å². The number of halogens is 1. The fraction of sp³-hybridized carbons (Fsp3) is 0.357. The smallest absolute Gasteiger partial charge is 0.336 e. The number of esters is 1. The standard InChI is InChI=1S/C28H30ClNO4S/c1-4-35-14-13-34-28(32)25-17(2)30-22-15-19(18-9-11-20(29)12-10-18)16-23(31)27(22)26(25)21-7-5-6-8-24(21)33-3/h5-12,19,26,30H,4,13-16H2,1-3H3/t19-,26+/m0/s1. The van der Waals surface area contributed by atoms with Crippen molar-refractivity contribution in [3.8, 4) is 5.75 Å². The second kappa shape index (κ2) is 11.4. The Morgan fingerprint density at radius 3 is 2.60 bits per heavy atom. The van der Waals surface area contributed by atoms with Gasteiger partial charge in [0.15, 0.2) is 5.78 Å². The number of ketones is 1. The van der Waals surface area contributed by atoms with Gasteiger partial charge in [-0.1, -0.05) is 48.9 Å². The molecule has 0 amide bonds. The summed E-state index contributed by atoms with van der Waals surface area (Å²) in [6.45, 7) is 4.27. The van der Waals surface area contributed by atoms with Gasteiger partial charge in [-0.15, -0.1) is 0 Å². The molecule has 2 atom stereocenters. The van der Waals surface area contributed by atoms with Crippen LogP contribution < -0.4 is 10.1 Å². The van der Waals surface area contributed by atoms with Crippen LogP contribution in [-0.2, 0) is 14.3 Å². The quantitative estimate of drug-likeness (QED) is 0.346. The van der Waals surface area contributed by atoms with Crippen molar-refractivity contribution in [1.82, 2.24) is 5.32 Å². The highest BCUT2D eigenvalue weighted by molar-refractivity contribution is 7.99. The summed E-state index contributed by atoms with van der Waals surface area (Å²) in [5, 5.41) is 4.06. The van der Waals surface area contributed by atoms with E-state index in [4.69, 9.17) is 21.1 Å². The largest absolute Gasteiger partial charge is 0.496 e. The van der Waals surface area contributed by atoms with Gasteiger partial charge < -0.3 is 14.8 Å². The van der Waals surface area contributed by atoms with E-state index < -0.39 is 11.9 Å². The lowest BCUT2D eigenvalue weighted by Crippen LogP contribution is -2.36. The Morgan fingerprint density at radius 2 is 1.89 bits per heavy atom. The maximum absolute atomic E-state index is 13.7. The number of methoxy groups -OCH3 is 1. The van der Waals surface area contributed by atoms with Gasteiger partial charge in [-0.3, -0.25) is 4.79 Å². The number of allylic oxidation sites excluding steroid dienone is 3.